The van der Waals surface area contributed by atoms with Gasteiger partial charge in [-0.3, -0.25) is 9.78 Å². The molecule has 0 saturated carbocycles. The number of carbonyl (C=O) groups is 1. The van der Waals surface area contributed by atoms with Crippen molar-refractivity contribution in [1.82, 2.24) is 14.9 Å². The number of nitrogens with zero attached hydrogens (tertiary/aromatic N) is 3. The Morgan fingerprint density at radius 1 is 1.16 bits per heavy atom. The van der Waals surface area contributed by atoms with Gasteiger partial charge in [-0.05, 0) is 49.3 Å². The van der Waals surface area contributed by atoms with Crippen LogP contribution < -0.4 is 5.73 Å². The van der Waals surface area contributed by atoms with Crippen LogP contribution in [0.25, 0.3) is 0 Å². The summed E-state index contributed by atoms with van der Waals surface area (Å²) >= 11 is 0. The summed E-state index contributed by atoms with van der Waals surface area (Å²) in [6, 6.07) is 6.14. The molecule has 1 saturated heterocycles. The predicted octanol–water partition coefficient (Wildman–Crippen LogP) is 2.61. The first-order valence-electron chi connectivity index (χ1n) is 8.69. The first kappa shape index (κ1) is 17.3. The Morgan fingerprint density at radius 2 is 1.96 bits per heavy atom. The van der Waals surface area contributed by atoms with Crippen LogP contribution in [0, 0.1) is 11.7 Å². The lowest BCUT2D eigenvalue weighted by molar-refractivity contribution is -0.130. The van der Waals surface area contributed by atoms with Crippen LogP contribution in [0.4, 0.5) is 10.2 Å². The molecule has 2 aromatic rings. The van der Waals surface area contributed by atoms with E-state index < -0.39 is 0 Å². The van der Waals surface area contributed by atoms with E-state index in [1.165, 1.54) is 12.1 Å². The van der Waals surface area contributed by atoms with Crippen LogP contribution >= 0.6 is 0 Å². The van der Waals surface area contributed by atoms with Crippen molar-refractivity contribution >= 4 is 11.7 Å². The molecule has 0 aliphatic carbocycles. The van der Waals surface area contributed by atoms with Gasteiger partial charge < -0.3 is 10.6 Å². The van der Waals surface area contributed by atoms with Gasteiger partial charge in [0.25, 0.3) is 0 Å². The second kappa shape index (κ2) is 8.05. The number of amides is 1. The first-order valence-corrected chi connectivity index (χ1v) is 8.69. The lowest BCUT2D eigenvalue weighted by Crippen LogP contribution is -2.33. The van der Waals surface area contributed by atoms with Gasteiger partial charge in [-0.2, -0.15) is 0 Å². The fraction of sp³-hybridized carbons (Fsp3) is 0.421. The molecule has 2 heterocycles. The van der Waals surface area contributed by atoms with Gasteiger partial charge in [0.2, 0.25) is 5.91 Å². The summed E-state index contributed by atoms with van der Waals surface area (Å²) in [6.07, 6.45) is 7.54. The van der Waals surface area contributed by atoms with Crippen LogP contribution in [0.2, 0.25) is 0 Å². The molecule has 0 radical (unpaired) electrons. The van der Waals surface area contributed by atoms with Gasteiger partial charge in [-0.1, -0.05) is 12.1 Å². The number of anilines is 1. The minimum absolute atomic E-state index is 0.111. The smallest absolute Gasteiger partial charge is 0.226 e. The summed E-state index contributed by atoms with van der Waals surface area (Å²) in [7, 11) is 0. The normalized spacial score (nSPS) is 18.0. The number of nitrogens with two attached hydrogens (primary N) is 1. The van der Waals surface area contributed by atoms with Gasteiger partial charge in [0, 0.05) is 13.1 Å². The largest absolute Gasteiger partial charge is 0.382 e. The molecule has 1 atom stereocenters. The third-order valence-corrected chi connectivity index (χ3v) is 4.69. The third-order valence-electron chi connectivity index (χ3n) is 4.69. The van der Waals surface area contributed by atoms with E-state index in [0.717, 1.165) is 50.0 Å². The molecule has 1 aromatic heterocycles. The number of halogens is 1. The van der Waals surface area contributed by atoms with Crippen molar-refractivity contribution in [3.8, 4) is 0 Å². The summed E-state index contributed by atoms with van der Waals surface area (Å²) in [5.74, 6) is 0.767. The van der Waals surface area contributed by atoms with Crippen LogP contribution in [-0.4, -0.2) is 33.9 Å². The Balaban J connectivity index is 1.52. The average Bonchev–Trinajstić information content (AvgIpc) is 2.85. The summed E-state index contributed by atoms with van der Waals surface area (Å²) in [4.78, 5) is 22.8. The summed E-state index contributed by atoms with van der Waals surface area (Å²) < 4.78 is 13.0. The molecule has 1 aromatic carbocycles. The molecule has 2 N–H and O–H groups in total. The SMILES string of the molecule is Nc1cnc(C[C@H]2CCCN(C(=O)Cc3ccc(F)cc3)CC2)cn1. The van der Waals surface area contributed by atoms with E-state index in [0.29, 0.717) is 18.2 Å². The highest BCUT2D eigenvalue weighted by Gasteiger charge is 2.21. The van der Waals surface area contributed by atoms with Crippen LogP contribution in [0.1, 0.15) is 30.5 Å². The van der Waals surface area contributed by atoms with Gasteiger partial charge >= 0.3 is 0 Å². The number of hydrogen-bond donors (Lipinski definition) is 1. The molecular formula is C19H23FN4O. The van der Waals surface area contributed by atoms with E-state index in [2.05, 4.69) is 9.97 Å². The van der Waals surface area contributed by atoms with E-state index in [1.54, 1.807) is 24.5 Å². The Bertz CT molecular complexity index is 702. The van der Waals surface area contributed by atoms with Crippen molar-refractivity contribution in [3.05, 3.63) is 53.7 Å². The van der Waals surface area contributed by atoms with E-state index >= 15 is 0 Å². The van der Waals surface area contributed by atoms with E-state index in [4.69, 9.17) is 5.73 Å². The van der Waals surface area contributed by atoms with Crippen molar-refractivity contribution in [2.45, 2.75) is 32.1 Å². The van der Waals surface area contributed by atoms with Crippen LogP contribution in [-0.2, 0) is 17.6 Å². The number of aromatic nitrogens is 2. The van der Waals surface area contributed by atoms with Crippen molar-refractivity contribution in [3.63, 3.8) is 0 Å². The molecule has 1 aliphatic heterocycles. The second-order valence-corrected chi connectivity index (χ2v) is 6.62. The van der Waals surface area contributed by atoms with Crippen molar-refractivity contribution in [2.24, 2.45) is 5.92 Å². The molecule has 0 spiro atoms. The van der Waals surface area contributed by atoms with Crippen LogP contribution in [0.15, 0.2) is 36.7 Å². The number of carbonyl (C=O) groups excluding carboxylic acids is 1. The molecule has 1 fully saturated rings. The fourth-order valence-corrected chi connectivity index (χ4v) is 3.27. The summed E-state index contributed by atoms with van der Waals surface area (Å²) in [5.41, 5.74) is 7.37. The average molecular weight is 342 g/mol. The van der Waals surface area contributed by atoms with Gasteiger partial charge in [0.05, 0.1) is 24.5 Å². The highest BCUT2D eigenvalue weighted by Crippen LogP contribution is 2.21. The molecule has 132 valence electrons. The topological polar surface area (TPSA) is 72.1 Å². The van der Waals surface area contributed by atoms with E-state index in [9.17, 15) is 9.18 Å². The minimum atomic E-state index is -0.278. The molecule has 6 heteroatoms. The van der Waals surface area contributed by atoms with Crippen molar-refractivity contribution in [1.29, 1.82) is 0 Å². The number of benzene rings is 1. The molecule has 3 rings (SSSR count). The number of likely N-dealkylation sites (tertiary alicyclic amines) is 1. The summed E-state index contributed by atoms with van der Waals surface area (Å²) in [5, 5.41) is 0. The summed E-state index contributed by atoms with van der Waals surface area (Å²) in [6.45, 7) is 1.54. The zero-order chi connectivity index (χ0) is 17.6. The minimum Gasteiger partial charge on any atom is -0.382 e. The highest BCUT2D eigenvalue weighted by molar-refractivity contribution is 5.78. The zero-order valence-corrected chi connectivity index (χ0v) is 14.2. The number of nitrogen functional groups attached to an aromatic ring is 1. The highest BCUT2D eigenvalue weighted by atomic mass is 19.1. The lowest BCUT2D eigenvalue weighted by atomic mass is 9.95. The van der Waals surface area contributed by atoms with Gasteiger partial charge in [-0.15, -0.1) is 0 Å². The Kier molecular flexibility index (Phi) is 5.58. The predicted molar refractivity (Wildman–Crippen MR) is 94.2 cm³/mol. The maximum absolute atomic E-state index is 13.0. The number of hydrogen-bond acceptors (Lipinski definition) is 4. The van der Waals surface area contributed by atoms with E-state index in [1.807, 2.05) is 4.90 Å². The molecule has 0 bridgehead atoms. The second-order valence-electron chi connectivity index (χ2n) is 6.62. The molecule has 1 aliphatic rings. The van der Waals surface area contributed by atoms with Crippen molar-refractivity contribution < 1.29 is 9.18 Å². The Labute approximate surface area is 147 Å². The lowest BCUT2D eigenvalue weighted by Gasteiger charge is -2.20. The molecule has 0 unspecified atom stereocenters. The maximum Gasteiger partial charge on any atom is 0.226 e. The molecule has 5 nitrogen and oxygen atoms in total. The monoisotopic (exact) mass is 342 g/mol. The van der Waals surface area contributed by atoms with Gasteiger partial charge in [0.15, 0.2) is 0 Å². The quantitative estimate of drug-likeness (QED) is 0.927. The van der Waals surface area contributed by atoms with Crippen LogP contribution in [0.3, 0.4) is 0 Å². The van der Waals surface area contributed by atoms with E-state index in [-0.39, 0.29) is 11.7 Å². The molecule has 1 amide bonds. The van der Waals surface area contributed by atoms with Crippen molar-refractivity contribution in [2.75, 3.05) is 18.8 Å². The Hall–Kier alpha value is -2.50. The van der Waals surface area contributed by atoms with Gasteiger partial charge in [-0.25, -0.2) is 9.37 Å². The molecule has 25 heavy (non-hydrogen) atoms. The maximum atomic E-state index is 13.0. The van der Waals surface area contributed by atoms with Gasteiger partial charge in [0.1, 0.15) is 11.6 Å². The standard InChI is InChI=1S/C19H23FN4O/c20-16-5-3-15(4-6-16)11-19(25)24-8-1-2-14(7-9-24)10-17-12-23-18(21)13-22-17/h3-6,12-14H,1-2,7-11H2,(H2,21,23)/t14-/m0/s1. The third kappa shape index (κ3) is 4.98. The number of rotatable bonds is 4. The Morgan fingerprint density at radius 3 is 2.68 bits per heavy atom. The van der Waals surface area contributed by atoms with Crippen LogP contribution in [0.5, 0.6) is 0 Å². The first-order chi connectivity index (χ1) is 12.1. The molecular weight excluding hydrogens is 319 g/mol. The zero-order valence-electron chi connectivity index (χ0n) is 14.2. The fourth-order valence-electron chi connectivity index (χ4n) is 3.27.